The van der Waals surface area contributed by atoms with Crippen LogP contribution in [0, 0.1) is 70.6 Å². The lowest BCUT2D eigenvalue weighted by Gasteiger charge is -2.08. The summed E-state index contributed by atoms with van der Waals surface area (Å²) in [5, 5.41) is 0. The third kappa shape index (κ3) is 25.6. The lowest BCUT2D eigenvalue weighted by molar-refractivity contribution is 0.597. The van der Waals surface area contributed by atoms with Gasteiger partial charge in [-0.1, -0.05) is 270 Å². The summed E-state index contributed by atoms with van der Waals surface area (Å²) in [4.78, 5) is 37.2. The van der Waals surface area contributed by atoms with Gasteiger partial charge in [0.25, 0.3) is 0 Å². The van der Waals surface area contributed by atoms with E-state index in [1.807, 2.05) is 79.7 Å². The summed E-state index contributed by atoms with van der Waals surface area (Å²) in [6.45, 7) is 68.6. The highest BCUT2D eigenvalue weighted by atomic mass is 19.1. The Morgan fingerprint density at radius 2 is 0.298 bits per heavy atom. The highest BCUT2D eigenvalue weighted by Crippen LogP contribution is 2.42. The van der Waals surface area contributed by atoms with E-state index in [-0.39, 0.29) is 46.9 Å². The molecule has 0 bridgehead atoms. The van der Waals surface area contributed by atoms with Gasteiger partial charge in [0.1, 0.15) is 23.3 Å². The monoisotopic (exact) mass is 1680 g/mol. The second kappa shape index (κ2) is 43.4. The van der Waals surface area contributed by atoms with Crippen LogP contribution in [0.4, 0.5) is 63.1 Å². The molecule has 8 aromatic rings. The Morgan fingerprint density at radius 1 is 0.161 bits per heavy atom. The highest BCUT2D eigenvalue weighted by Gasteiger charge is 2.28. The second-order valence-corrected chi connectivity index (χ2v) is 40.3. The van der Waals surface area contributed by atoms with Gasteiger partial charge in [-0.25, -0.2) is 17.6 Å². The average molecular weight is 1680 g/mol. The van der Waals surface area contributed by atoms with E-state index in [0.717, 1.165) is 141 Å². The summed E-state index contributed by atoms with van der Waals surface area (Å²) in [5.74, 6) is 6.90. The maximum atomic E-state index is 13.8. The Morgan fingerprint density at radius 3 is 0.427 bits per heavy atom. The topological polar surface area (TPSA) is 98.9 Å². The molecule has 0 radical (unpaired) electrons. The zero-order chi connectivity index (χ0) is 91.5. The Hall–Kier alpha value is -9.16. The van der Waals surface area contributed by atoms with Crippen LogP contribution in [0.2, 0.25) is 0 Å². The van der Waals surface area contributed by atoms with Crippen molar-refractivity contribution in [1.82, 2.24) is 0 Å². The molecule has 8 aromatic carbocycles. The van der Waals surface area contributed by atoms with Crippen LogP contribution in [0.25, 0.3) is 0 Å². The van der Waals surface area contributed by atoms with Crippen molar-refractivity contribution in [3.05, 3.63) is 234 Å². The van der Waals surface area contributed by atoms with Gasteiger partial charge in [0.15, 0.2) is 0 Å². The molecule has 0 N–H and O–H groups in total. The lowest BCUT2D eigenvalue weighted by Crippen LogP contribution is -2.06. The molecule has 8 nitrogen and oxygen atoms in total. The van der Waals surface area contributed by atoms with Gasteiger partial charge >= 0.3 is 0 Å². The predicted octanol–water partition coefficient (Wildman–Crippen LogP) is 33.3. The molecule has 664 valence electrons. The molecule has 8 heterocycles. The van der Waals surface area contributed by atoms with Crippen molar-refractivity contribution in [2.45, 2.75) is 320 Å². The van der Waals surface area contributed by atoms with Gasteiger partial charge in [-0.3, -0.25) is 39.9 Å². The summed E-state index contributed by atoms with van der Waals surface area (Å²) < 4.78 is 55.1. The van der Waals surface area contributed by atoms with Gasteiger partial charge in [0.05, 0.1) is 45.5 Å². The van der Waals surface area contributed by atoms with E-state index < -0.39 is 0 Å². The molecule has 0 aromatic heterocycles. The van der Waals surface area contributed by atoms with Crippen molar-refractivity contribution in [1.29, 1.82) is 0 Å². The molecule has 0 amide bonds. The second-order valence-electron chi connectivity index (χ2n) is 40.3. The SMILES string of the molecule is CC(C)C1=Nc2cc(C(C)C)c(F)cc2C1.CC(C)C1=Nc2cc(C(C)C)c(F)cc2C1.CC(C)C1=Nc2cc(C(C)C)c(F)cc2C1.CC(C)C1=Nc2cc(C(C)C)c(F)cc2C1.CC(C)C1=Nc2cc(C(C)C)ccc2C1.CC(C)C1=Nc2cc(C(C)C)ccc2C1.CC(C)C1=Nc2cc(C(C)C)ccc2C1.CC(C)C1=Nc2cc(C(C)C)ccc2C1. The van der Waals surface area contributed by atoms with E-state index in [2.05, 4.69) is 259 Å². The minimum absolute atomic E-state index is 0.0889. The molecule has 0 unspecified atom stereocenters. The fourth-order valence-electron chi connectivity index (χ4n) is 15.8. The molecule has 8 aliphatic rings. The molecule has 124 heavy (non-hydrogen) atoms. The molecular weight excluding hydrogens is 1530 g/mol. The number of halogens is 4. The van der Waals surface area contributed by atoms with E-state index in [9.17, 15) is 17.6 Å². The van der Waals surface area contributed by atoms with Crippen LogP contribution in [0.3, 0.4) is 0 Å². The molecular formula is C112H148F4N8. The van der Waals surface area contributed by atoms with E-state index >= 15 is 0 Å². The third-order valence-electron chi connectivity index (χ3n) is 24.8. The molecule has 16 rings (SSSR count). The molecule has 8 aliphatic heterocycles. The molecule has 0 saturated carbocycles. The first kappa shape index (κ1) is 98.6. The first-order valence-corrected chi connectivity index (χ1v) is 46.7. The van der Waals surface area contributed by atoms with Gasteiger partial charge in [-0.15, -0.1) is 0 Å². The lowest BCUT2D eigenvalue weighted by atomic mass is 9.97. The van der Waals surface area contributed by atoms with Gasteiger partial charge in [0.2, 0.25) is 0 Å². The molecule has 0 spiro atoms. The zero-order valence-electron chi connectivity index (χ0n) is 81.5. The zero-order valence-corrected chi connectivity index (χ0v) is 81.5. The van der Waals surface area contributed by atoms with Crippen LogP contribution in [0.1, 0.15) is 358 Å². The number of hydrogen-bond donors (Lipinski definition) is 0. The number of aliphatic imine (C=N–C) groups is 8. The Labute approximate surface area is 745 Å². The molecule has 0 saturated heterocycles. The van der Waals surface area contributed by atoms with E-state index in [1.165, 1.54) is 90.1 Å². The highest BCUT2D eigenvalue weighted by molar-refractivity contribution is 6.00. The smallest absolute Gasteiger partial charge is 0.127 e. The number of benzene rings is 8. The maximum absolute atomic E-state index is 13.8. The van der Waals surface area contributed by atoms with Crippen molar-refractivity contribution in [3.63, 3.8) is 0 Å². The van der Waals surface area contributed by atoms with Crippen molar-refractivity contribution in [2.24, 2.45) is 87.3 Å². The Kier molecular flexibility index (Phi) is 34.5. The van der Waals surface area contributed by atoms with E-state index in [1.54, 1.807) is 24.3 Å². The first-order chi connectivity index (χ1) is 58.2. The normalized spacial score (nSPS) is 14.6. The first-order valence-electron chi connectivity index (χ1n) is 46.7. The van der Waals surface area contributed by atoms with Gasteiger partial charge < -0.3 is 0 Å². The Bertz CT molecular complexity index is 4700. The predicted molar refractivity (Wildman–Crippen MR) is 529 cm³/mol. The number of fused-ring (bicyclic) bond motifs is 8. The summed E-state index contributed by atoms with van der Waals surface area (Å²) in [7, 11) is 0. The van der Waals surface area contributed by atoms with Crippen molar-refractivity contribution < 1.29 is 17.6 Å². The van der Waals surface area contributed by atoms with Gasteiger partial charge in [-0.05, 0) is 256 Å². The minimum atomic E-state index is -0.0889. The standard InChI is InChI=1S/4C14H18FN.4C14H19N/c4*1-8(2)11-7-14-10(5-12(11)15)6-13(16-14)9(3)4;4*1-9(2)11-5-6-12-8-13(10(3)4)15-14(12)7-11/h4*5,7-9H,6H2,1-4H3;4*5-7,9-10H,8H2,1-4H3. The van der Waals surface area contributed by atoms with Crippen LogP contribution in [0.5, 0.6) is 0 Å². The average Bonchev–Trinajstić information content (AvgIpc) is 1.64. The van der Waals surface area contributed by atoms with Crippen molar-refractivity contribution >= 4 is 91.2 Å². The molecule has 0 aliphatic carbocycles. The number of rotatable bonds is 16. The van der Waals surface area contributed by atoms with Crippen LogP contribution >= 0.6 is 0 Å². The molecule has 0 fully saturated rings. The maximum Gasteiger partial charge on any atom is 0.127 e. The van der Waals surface area contributed by atoms with Gasteiger partial charge in [-0.2, -0.15) is 0 Å². The van der Waals surface area contributed by atoms with Crippen molar-refractivity contribution in [3.8, 4) is 0 Å². The summed E-state index contributed by atoms with van der Waals surface area (Å²) in [6.07, 6.45) is 7.42. The molecule has 0 atom stereocenters. The third-order valence-corrected chi connectivity index (χ3v) is 24.8. The van der Waals surface area contributed by atoms with E-state index in [4.69, 9.17) is 20.0 Å². The Balaban J connectivity index is 0.000000161. The summed E-state index contributed by atoms with van der Waals surface area (Å²) >= 11 is 0. The molecule has 12 heteroatoms. The van der Waals surface area contributed by atoms with Crippen molar-refractivity contribution in [2.75, 3.05) is 0 Å². The fourth-order valence-corrected chi connectivity index (χ4v) is 15.8. The summed E-state index contributed by atoms with van der Waals surface area (Å²) in [6, 6.07) is 41.1. The van der Waals surface area contributed by atoms with Crippen LogP contribution in [-0.2, 0) is 51.4 Å². The largest absolute Gasteiger partial charge is 0.257 e. The fraction of sp³-hybridized carbons (Fsp3) is 0.500. The minimum Gasteiger partial charge on any atom is -0.257 e. The number of nitrogens with zero attached hydrogens (tertiary/aromatic N) is 8. The van der Waals surface area contributed by atoms with Crippen LogP contribution < -0.4 is 0 Å². The summed E-state index contributed by atoms with van der Waals surface area (Å²) in [5.41, 5.74) is 37.0. The quantitative estimate of drug-likeness (QED) is 0.0861. The van der Waals surface area contributed by atoms with E-state index in [0.29, 0.717) is 71.0 Å². The van der Waals surface area contributed by atoms with Crippen LogP contribution in [-0.4, -0.2) is 45.7 Å². The van der Waals surface area contributed by atoms with Crippen LogP contribution in [0.15, 0.2) is 161 Å². The number of hydrogen-bond acceptors (Lipinski definition) is 8. The van der Waals surface area contributed by atoms with Gasteiger partial charge in [0, 0.05) is 97.1 Å².